The van der Waals surface area contributed by atoms with Crippen LogP contribution >= 0.6 is 0 Å². The Morgan fingerprint density at radius 2 is 2.00 bits per heavy atom. The number of rotatable bonds is 5. The van der Waals surface area contributed by atoms with Crippen molar-refractivity contribution in [1.82, 2.24) is 10.1 Å². The normalized spacial score (nSPS) is 19.8. The number of hydrogen-bond donors (Lipinski definition) is 1. The van der Waals surface area contributed by atoms with Crippen LogP contribution in [0, 0.1) is 5.92 Å². The highest BCUT2D eigenvalue weighted by molar-refractivity contribution is 5.35. The van der Waals surface area contributed by atoms with Gasteiger partial charge in [0.25, 0.3) is 0 Å². The van der Waals surface area contributed by atoms with Gasteiger partial charge in [-0.3, -0.25) is 0 Å². The lowest BCUT2D eigenvalue weighted by Gasteiger charge is -2.39. The molecule has 4 heteroatoms. The molecule has 0 radical (unpaired) electrons. The average molecular weight is 285 g/mol. The summed E-state index contributed by atoms with van der Waals surface area (Å²) >= 11 is 0. The molecule has 3 rings (SSSR count). The topological polar surface area (TPSA) is 64.9 Å². The number of nitrogens with two attached hydrogens (primary N) is 1. The van der Waals surface area contributed by atoms with Gasteiger partial charge < -0.3 is 10.3 Å². The highest BCUT2D eigenvalue weighted by Gasteiger charge is 2.44. The quantitative estimate of drug-likeness (QED) is 0.911. The molecule has 2 aromatic rings. The van der Waals surface area contributed by atoms with Crippen LogP contribution in [0.1, 0.15) is 62.9 Å². The maximum Gasteiger partial charge on any atom is 0.243 e. The zero-order valence-corrected chi connectivity index (χ0v) is 12.7. The van der Waals surface area contributed by atoms with Crippen molar-refractivity contribution in [3.8, 4) is 0 Å². The van der Waals surface area contributed by atoms with Gasteiger partial charge in [-0.05, 0) is 24.3 Å². The Morgan fingerprint density at radius 3 is 2.57 bits per heavy atom. The lowest BCUT2D eigenvalue weighted by molar-refractivity contribution is 0.266. The molecule has 4 nitrogen and oxygen atoms in total. The average Bonchev–Trinajstić information content (AvgIpc) is 2.95. The third kappa shape index (κ3) is 2.38. The number of nitrogens with zero attached hydrogens (tertiary/aromatic N) is 2. The van der Waals surface area contributed by atoms with Crippen LogP contribution < -0.4 is 5.73 Å². The first-order chi connectivity index (χ1) is 10.2. The van der Waals surface area contributed by atoms with E-state index in [1.165, 1.54) is 12.0 Å². The lowest BCUT2D eigenvalue weighted by atomic mass is 9.64. The third-order valence-electron chi connectivity index (χ3n) is 4.95. The molecule has 1 heterocycles. The number of hydrogen-bond acceptors (Lipinski definition) is 4. The molecule has 21 heavy (non-hydrogen) atoms. The molecule has 0 aliphatic heterocycles. The van der Waals surface area contributed by atoms with Crippen LogP contribution in [0.2, 0.25) is 0 Å². The van der Waals surface area contributed by atoms with Gasteiger partial charge in [-0.15, -0.1) is 0 Å². The van der Waals surface area contributed by atoms with Gasteiger partial charge in [0, 0.05) is 0 Å². The van der Waals surface area contributed by atoms with Gasteiger partial charge in [0.2, 0.25) is 5.89 Å². The molecule has 1 saturated carbocycles. The van der Waals surface area contributed by atoms with E-state index in [-0.39, 0.29) is 11.5 Å². The van der Waals surface area contributed by atoms with Gasteiger partial charge in [0.05, 0.1) is 11.5 Å². The van der Waals surface area contributed by atoms with Gasteiger partial charge in [0.1, 0.15) is 0 Å². The molecule has 1 aromatic heterocycles. The van der Waals surface area contributed by atoms with E-state index >= 15 is 0 Å². The van der Waals surface area contributed by atoms with Gasteiger partial charge >= 0.3 is 0 Å². The summed E-state index contributed by atoms with van der Waals surface area (Å²) in [7, 11) is 0. The Balaban J connectivity index is 1.91. The second-order valence-electron chi connectivity index (χ2n) is 6.17. The molecule has 1 aliphatic carbocycles. The second kappa shape index (κ2) is 5.60. The Hall–Kier alpha value is -1.68. The zero-order valence-electron chi connectivity index (χ0n) is 12.7. The Bertz CT molecular complexity index is 589. The van der Waals surface area contributed by atoms with Crippen LogP contribution in [0.5, 0.6) is 0 Å². The van der Waals surface area contributed by atoms with E-state index in [1.54, 1.807) is 0 Å². The van der Waals surface area contributed by atoms with Crippen molar-refractivity contribution in [2.75, 3.05) is 0 Å². The first-order valence-electron chi connectivity index (χ1n) is 7.82. The fourth-order valence-electron chi connectivity index (χ4n) is 2.99. The highest BCUT2D eigenvalue weighted by atomic mass is 16.5. The third-order valence-corrected chi connectivity index (χ3v) is 4.95. The zero-order chi connectivity index (χ0) is 14.9. The molecule has 2 N–H and O–H groups in total. The van der Waals surface area contributed by atoms with E-state index in [0.29, 0.717) is 11.8 Å². The monoisotopic (exact) mass is 285 g/mol. The van der Waals surface area contributed by atoms with Crippen LogP contribution in [-0.4, -0.2) is 10.1 Å². The van der Waals surface area contributed by atoms with Crippen LogP contribution in [0.4, 0.5) is 0 Å². The molecule has 2 atom stereocenters. The Labute approximate surface area is 125 Å². The van der Waals surface area contributed by atoms with Gasteiger partial charge in [-0.1, -0.05) is 62.2 Å². The molecule has 0 unspecified atom stereocenters. The molecule has 1 aliphatic rings. The summed E-state index contributed by atoms with van der Waals surface area (Å²) < 4.78 is 5.47. The van der Waals surface area contributed by atoms with E-state index in [9.17, 15) is 0 Å². The first kappa shape index (κ1) is 14.3. The first-order valence-corrected chi connectivity index (χ1v) is 7.82. The lowest BCUT2D eigenvalue weighted by Crippen LogP contribution is -2.36. The molecule has 0 spiro atoms. The molecule has 0 saturated heterocycles. The molecule has 0 amide bonds. The van der Waals surface area contributed by atoms with Crippen molar-refractivity contribution in [3.63, 3.8) is 0 Å². The summed E-state index contributed by atoms with van der Waals surface area (Å²) in [6.07, 6.45) is 4.36. The van der Waals surface area contributed by atoms with Crippen LogP contribution in [0.15, 0.2) is 34.9 Å². The van der Waals surface area contributed by atoms with Crippen molar-refractivity contribution in [3.05, 3.63) is 47.6 Å². The summed E-state index contributed by atoms with van der Waals surface area (Å²) in [6, 6.07) is 10.3. The molecule has 1 aromatic carbocycles. The molecular weight excluding hydrogens is 262 g/mol. The Morgan fingerprint density at radius 1 is 1.29 bits per heavy atom. The summed E-state index contributed by atoms with van der Waals surface area (Å²) in [5.41, 5.74) is 7.41. The van der Waals surface area contributed by atoms with Gasteiger partial charge in [-0.25, -0.2) is 0 Å². The minimum absolute atomic E-state index is 0.0712. The minimum Gasteiger partial charge on any atom is -0.338 e. The summed E-state index contributed by atoms with van der Waals surface area (Å²) in [5, 5.41) is 4.26. The predicted octanol–water partition coefficient (Wildman–Crippen LogP) is 3.59. The molecular formula is C17H23N3O. The van der Waals surface area contributed by atoms with E-state index in [1.807, 2.05) is 6.07 Å². The van der Waals surface area contributed by atoms with E-state index < -0.39 is 0 Å². The SMILES string of the molecule is CC[C@H](C)[C@H](N)c1nc(C2(c3ccccc3)CCC2)no1. The fourth-order valence-corrected chi connectivity index (χ4v) is 2.99. The summed E-state index contributed by atoms with van der Waals surface area (Å²) in [5.74, 6) is 1.71. The van der Waals surface area contributed by atoms with E-state index in [2.05, 4.69) is 48.3 Å². The van der Waals surface area contributed by atoms with E-state index in [4.69, 9.17) is 10.3 Å². The highest BCUT2D eigenvalue weighted by Crippen LogP contribution is 2.47. The van der Waals surface area contributed by atoms with Crippen molar-refractivity contribution in [2.24, 2.45) is 11.7 Å². The van der Waals surface area contributed by atoms with Crippen molar-refractivity contribution >= 4 is 0 Å². The Kier molecular flexibility index (Phi) is 3.81. The standard InChI is InChI=1S/C17H23N3O/c1-3-12(2)14(18)15-19-16(20-21-15)17(10-7-11-17)13-8-5-4-6-9-13/h4-6,8-9,12,14H,3,7,10-11,18H2,1-2H3/t12-,14-/m0/s1. The maximum absolute atomic E-state index is 6.21. The minimum atomic E-state index is -0.177. The van der Waals surface area contributed by atoms with Crippen molar-refractivity contribution in [1.29, 1.82) is 0 Å². The number of aromatic nitrogens is 2. The summed E-state index contributed by atoms with van der Waals surface area (Å²) in [4.78, 5) is 4.65. The smallest absolute Gasteiger partial charge is 0.243 e. The van der Waals surface area contributed by atoms with Gasteiger partial charge in [-0.2, -0.15) is 4.98 Å². The molecule has 1 fully saturated rings. The predicted molar refractivity (Wildman–Crippen MR) is 81.8 cm³/mol. The summed E-state index contributed by atoms with van der Waals surface area (Å²) in [6.45, 7) is 4.24. The van der Waals surface area contributed by atoms with Crippen LogP contribution in [0.3, 0.4) is 0 Å². The van der Waals surface area contributed by atoms with Crippen molar-refractivity contribution < 1.29 is 4.52 Å². The van der Waals surface area contributed by atoms with Crippen LogP contribution in [-0.2, 0) is 5.41 Å². The second-order valence-corrected chi connectivity index (χ2v) is 6.17. The largest absolute Gasteiger partial charge is 0.338 e. The van der Waals surface area contributed by atoms with Crippen molar-refractivity contribution in [2.45, 2.75) is 51.0 Å². The molecule has 112 valence electrons. The number of benzene rings is 1. The van der Waals surface area contributed by atoms with Crippen LogP contribution in [0.25, 0.3) is 0 Å². The van der Waals surface area contributed by atoms with E-state index in [0.717, 1.165) is 25.1 Å². The molecule has 0 bridgehead atoms. The fraction of sp³-hybridized carbons (Fsp3) is 0.529. The van der Waals surface area contributed by atoms with Gasteiger partial charge in [0.15, 0.2) is 5.82 Å². The maximum atomic E-state index is 6.21.